The van der Waals surface area contributed by atoms with Crippen LogP contribution < -0.4 is 10.5 Å². The zero-order valence-corrected chi connectivity index (χ0v) is 7.21. The number of rotatable bonds is 1. The van der Waals surface area contributed by atoms with Crippen LogP contribution in [-0.2, 0) is 0 Å². The van der Waals surface area contributed by atoms with Crippen LogP contribution in [0, 0.1) is 10.1 Å². The maximum absolute atomic E-state index is 10.5. The van der Waals surface area contributed by atoms with E-state index >= 15 is 0 Å². The molecule has 0 radical (unpaired) electrons. The van der Waals surface area contributed by atoms with Crippen molar-refractivity contribution in [1.29, 1.82) is 0 Å². The first-order chi connectivity index (χ1) is 6.66. The molecule has 14 heavy (non-hydrogen) atoms. The lowest BCUT2D eigenvalue weighted by Gasteiger charge is -2.17. The molecule has 1 aromatic rings. The molecule has 1 atom stereocenters. The summed E-state index contributed by atoms with van der Waals surface area (Å²) < 4.78 is 5.23. The van der Waals surface area contributed by atoms with Crippen LogP contribution in [0.1, 0.15) is 5.56 Å². The minimum atomic E-state index is -0.469. The third-order valence-electron chi connectivity index (χ3n) is 1.93. The highest BCUT2D eigenvalue weighted by molar-refractivity contribution is 5.63. The average Bonchev–Trinajstić information content (AvgIpc) is 2.16. The fourth-order valence-electron chi connectivity index (χ4n) is 1.27. The number of ether oxygens (including phenoxy) is 1. The molecule has 1 aromatic carbocycles. The van der Waals surface area contributed by atoms with Crippen LogP contribution in [0.15, 0.2) is 24.3 Å². The second-order valence-corrected chi connectivity index (χ2v) is 2.92. The Morgan fingerprint density at radius 2 is 2.29 bits per heavy atom. The molecule has 1 aliphatic heterocycles. The number of fused-ring (bicyclic) bond motifs is 1. The molecule has 0 spiro atoms. The quantitative estimate of drug-likeness (QED) is 0.537. The Kier molecular flexibility index (Phi) is 1.94. The summed E-state index contributed by atoms with van der Waals surface area (Å²) in [4.78, 5) is 10.0. The maximum Gasteiger partial charge on any atom is 0.270 e. The SMILES string of the molecule is NC1C=Cc2cc([N+](=O)[O-])ccc2O1. The van der Waals surface area contributed by atoms with E-state index in [9.17, 15) is 10.1 Å². The lowest BCUT2D eigenvalue weighted by molar-refractivity contribution is -0.384. The van der Waals surface area contributed by atoms with E-state index < -0.39 is 11.2 Å². The molecule has 5 heteroatoms. The van der Waals surface area contributed by atoms with Crippen molar-refractivity contribution in [3.8, 4) is 5.75 Å². The van der Waals surface area contributed by atoms with Crippen LogP contribution in [0.25, 0.3) is 6.08 Å². The van der Waals surface area contributed by atoms with E-state index in [0.717, 1.165) is 0 Å². The zero-order valence-electron chi connectivity index (χ0n) is 7.21. The van der Waals surface area contributed by atoms with Crippen LogP contribution in [0.2, 0.25) is 0 Å². The molecule has 0 aromatic heterocycles. The first-order valence-electron chi connectivity index (χ1n) is 4.06. The molecule has 0 saturated carbocycles. The van der Waals surface area contributed by atoms with Crippen molar-refractivity contribution in [2.24, 2.45) is 5.73 Å². The number of nitro groups is 1. The van der Waals surface area contributed by atoms with Gasteiger partial charge in [-0.2, -0.15) is 0 Å². The minimum Gasteiger partial charge on any atom is -0.471 e. The van der Waals surface area contributed by atoms with Gasteiger partial charge in [0, 0.05) is 17.7 Å². The van der Waals surface area contributed by atoms with Crippen LogP contribution in [0.4, 0.5) is 5.69 Å². The first kappa shape index (κ1) is 8.71. The second-order valence-electron chi connectivity index (χ2n) is 2.92. The van der Waals surface area contributed by atoms with Crippen molar-refractivity contribution in [2.75, 3.05) is 0 Å². The van der Waals surface area contributed by atoms with Crippen LogP contribution in [0.3, 0.4) is 0 Å². The van der Waals surface area contributed by atoms with E-state index in [1.54, 1.807) is 18.2 Å². The van der Waals surface area contributed by atoms with Gasteiger partial charge in [0.25, 0.3) is 5.69 Å². The smallest absolute Gasteiger partial charge is 0.270 e. The Hall–Kier alpha value is -1.88. The maximum atomic E-state index is 10.5. The molecule has 0 aliphatic carbocycles. The number of nitro benzene ring substituents is 1. The Bertz CT molecular complexity index is 415. The predicted molar refractivity (Wildman–Crippen MR) is 50.7 cm³/mol. The van der Waals surface area contributed by atoms with Gasteiger partial charge >= 0.3 is 0 Å². The van der Waals surface area contributed by atoms with E-state index in [1.807, 2.05) is 0 Å². The van der Waals surface area contributed by atoms with Crippen LogP contribution >= 0.6 is 0 Å². The molecule has 0 fully saturated rings. The van der Waals surface area contributed by atoms with Gasteiger partial charge in [-0.3, -0.25) is 15.8 Å². The molecular formula is C9H8N2O3. The Labute approximate surface area is 79.9 Å². The van der Waals surface area contributed by atoms with Crippen molar-refractivity contribution < 1.29 is 9.66 Å². The minimum absolute atomic E-state index is 0.0486. The Balaban J connectivity index is 2.44. The van der Waals surface area contributed by atoms with Crippen molar-refractivity contribution in [3.63, 3.8) is 0 Å². The zero-order chi connectivity index (χ0) is 10.1. The van der Waals surface area contributed by atoms with Gasteiger partial charge in [-0.15, -0.1) is 0 Å². The second kappa shape index (κ2) is 3.12. The lowest BCUT2D eigenvalue weighted by Crippen LogP contribution is -2.26. The topological polar surface area (TPSA) is 78.4 Å². The molecule has 1 unspecified atom stereocenters. The predicted octanol–water partition coefficient (Wildman–Crippen LogP) is 1.29. The number of benzene rings is 1. The highest BCUT2D eigenvalue weighted by atomic mass is 16.6. The van der Waals surface area contributed by atoms with Gasteiger partial charge in [0.05, 0.1) is 4.92 Å². The van der Waals surface area contributed by atoms with Crippen molar-refractivity contribution in [2.45, 2.75) is 6.23 Å². The highest BCUT2D eigenvalue weighted by Gasteiger charge is 2.14. The number of hydrogen-bond donors (Lipinski definition) is 1. The Morgan fingerprint density at radius 3 is 3.00 bits per heavy atom. The van der Waals surface area contributed by atoms with E-state index in [0.29, 0.717) is 11.3 Å². The summed E-state index contributed by atoms with van der Waals surface area (Å²) in [5, 5.41) is 10.5. The number of nitrogens with two attached hydrogens (primary N) is 1. The third-order valence-corrected chi connectivity index (χ3v) is 1.93. The van der Waals surface area contributed by atoms with E-state index in [4.69, 9.17) is 10.5 Å². The van der Waals surface area contributed by atoms with Crippen molar-refractivity contribution >= 4 is 11.8 Å². The lowest BCUT2D eigenvalue weighted by atomic mass is 10.1. The van der Waals surface area contributed by atoms with Gasteiger partial charge < -0.3 is 4.74 Å². The summed E-state index contributed by atoms with van der Waals surface area (Å²) in [5.74, 6) is 0.575. The first-order valence-corrected chi connectivity index (χ1v) is 4.06. The van der Waals surface area contributed by atoms with Gasteiger partial charge in [-0.05, 0) is 18.2 Å². The molecule has 0 amide bonds. The number of nitrogens with zero attached hydrogens (tertiary/aromatic N) is 1. The summed E-state index contributed by atoms with van der Waals surface area (Å²) in [5.41, 5.74) is 6.23. The van der Waals surface area contributed by atoms with E-state index in [1.165, 1.54) is 12.1 Å². The number of hydrogen-bond acceptors (Lipinski definition) is 4. The fraction of sp³-hybridized carbons (Fsp3) is 0.111. The van der Waals surface area contributed by atoms with E-state index in [2.05, 4.69) is 0 Å². The summed E-state index contributed by atoms with van der Waals surface area (Å²) in [7, 11) is 0. The normalized spacial score (nSPS) is 18.5. The van der Waals surface area contributed by atoms with Gasteiger partial charge in [0.1, 0.15) is 5.75 Å². The molecule has 72 valence electrons. The van der Waals surface area contributed by atoms with E-state index in [-0.39, 0.29) is 5.69 Å². The summed E-state index contributed by atoms with van der Waals surface area (Å²) >= 11 is 0. The average molecular weight is 192 g/mol. The molecular weight excluding hydrogens is 184 g/mol. The van der Waals surface area contributed by atoms with Crippen LogP contribution in [0.5, 0.6) is 5.75 Å². The fourth-order valence-corrected chi connectivity index (χ4v) is 1.27. The largest absolute Gasteiger partial charge is 0.471 e. The summed E-state index contributed by atoms with van der Waals surface area (Å²) in [6.45, 7) is 0. The van der Waals surface area contributed by atoms with Gasteiger partial charge in [0.2, 0.25) is 0 Å². The van der Waals surface area contributed by atoms with Gasteiger partial charge in [0.15, 0.2) is 6.23 Å². The van der Waals surface area contributed by atoms with Gasteiger partial charge in [-0.1, -0.05) is 0 Å². The van der Waals surface area contributed by atoms with Crippen molar-refractivity contribution in [1.82, 2.24) is 0 Å². The molecule has 2 rings (SSSR count). The monoisotopic (exact) mass is 192 g/mol. The number of non-ortho nitro benzene ring substituents is 1. The third kappa shape index (κ3) is 1.45. The molecule has 5 nitrogen and oxygen atoms in total. The molecule has 2 N–H and O–H groups in total. The molecule has 0 saturated heterocycles. The standard InChI is InChI=1S/C9H8N2O3/c10-9-4-1-6-5-7(11(12)13)2-3-8(6)14-9/h1-5,9H,10H2. The molecule has 0 bridgehead atoms. The Morgan fingerprint density at radius 1 is 1.50 bits per heavy atom. The summed E-state index contributed by atoms with van der Waals surface area (Å²) in [6.07, 6.45) is 2.90. The summed E-state index contributed by atoms with van der Waals surface area (Å²) in [6, 6.07) is 4.40. The highest BCUT2D eigenvalue weighted by Crippen LogP contribution is 2.28. The van der Waals surface area contributed by atoms with Crippen LogP contribution in [-0.4, -0.2) is 11.2 Å². The molecule has 1 aliphatic rings. The van der Waals surface area contributed by atoms with Crippen molar-refractivity contribution in [3.05, 3.63) is 40.0 Å². The molecule has 1 heterocycles. The van der Waals surface area contributed by atoms with Gasteiger partial charge in [-0.25, -0.2) is 0 Å².